The zero-order valence-corrected chi connectivity index (χ0v) is 15.6. The highest BCUT2D eigenvalue weighted by Gasteiger charge is 2.15. The van der Waals surface area contributed by atoms with E-state index in [2.05, 4.69) is 5.32 Å². The molecule has 0 atom stereocenters. The Morgan fingerprint density at radius 3 is 2.65 bits per heavy atom. The number of aryl methyl sites for hydroxylation is 1. The lowest BCUT2D eigenvalue weighted by Gasteiger charge is -2.10. The molecular formula is C21H15ClN2OS. The highest BCUT2D eigenvalue weighted by molar-refractivity contribution is 7.19. The molecule has 4 aromatic rings. The average molecular weight is 379 g/mol. The van der Waals surface area contributed by atoms with Gasteiger partial charge in [0.2, 0.25) is 0 Å². The fourth-order valence-corrected chi connectivity index (χ4v) is 3.87. The number of amides is 1. The van der Waals surface area contributed by atoms with Gasteiger partial charge in [-0.15, -0.1) is 11.3 Å². The van der Waals surface area contributed by atoms with Crippen LogP contribution in [0.25, 0.3) is 21.5 Å². The van der Waals surface area contributed by atoms with Gasteiger partial charge in [0, 0.05) is 11.1 Å². The summed E-state index contributed by atoms with van der Waals surface area (Å²) in [7, 11) is 0. The lowest BCUT2D eigenvalue weighted by atomic mass is 10.1. The van der Waals surface area contributed by atoms with Gasteiger partial charge in [-0.05, 0) is 48.9 Å². The molecule has 1 N–H and O–H groups in total. The van der Waals surface area contributed by atoms with Crippen molar-refractivity contribution in [3.8, 4) is 10.6 Å². The predicted molar refractivity (Wildman–Crippen MR) is 109 cm³/mol. The Labute approximate surface area is 160 Å². The number of nitrogens with one attached hydrogen (secondary N) is 1. The standard InChI is InChI=1S/C21H15ClN2OS/c1-13-5-4-6-14(11-13)23-21(25)16-12-18(19-9-10-20(22)26-19)24-17-8-3-2-7-15(16)17/h2-12H,1H3,(H,23,25). The summed E-state index contributed by atoms with van der Waals surface area (Å²) >= 11 is 7.51. The van der Waals surface area contributed by atoms with Gasteiger partial charge >= 0.3 is 0 Å². The molecule has 2 aromatic carbocycles. The summed E-state index contributed by atoms with van der Waals surface area (Å²) in [6, 6.07) is 21.0. The smallest absolute Gasteiger partial charge is 0.256 e. The van der Waals surface area contributed by atoms with Crippen molar-refractivity contribution < 1.29 is 4.79 Å². The number of para-hydroxylation sites is 1. The van der Waals surface area contributed by atoms with E-state index in [1.165, 1.54) is 11.3 Å². The zero-order valence-electron chi connectivity index (χ0n) is 14.0. The number of halogens is 1. The molecule has 0 unspecified atom stereocenters. The number of rotatable bonds is 3. The number of pyridine rings is 1. The monoisotopic (exact) mass is 378 g/mol. The van der Waals surface area contributed by atoms with E-state index in [1.807, 2.05) is 73.7 Å². The van der Waals surface area contributed by atoms with E-state index in [1.54, 1.807) is 0 Å². The lowest BCUT2D eigenvalue weighted by Crippen LogP contribution is -2.13. The van der Waals surface area contributed by atoms with Gasteiger partial charge in [0.15, 0.2) is 0 Å². The summed E-state index contributed by atoms with van der Waals surface area (Å²) in [4.78, 5) is 18.6. The summed E-state index contributed by atoms with van der Waals surface area (Å²) in [5.41, 5.74) is 3.99. The molecule has 0 saturated carbocycles. The van der Waals surface area contributed by atoms with E-state index in [0.29, 0.717) is 9.90 Å². The first-order valence-corrected chi connectivity index (χ1v) is 9.33. The van der Waals surface area contributed by atoms with Crippen molar-refractivity contribution in [1.82, 2.24) is 4.98 Å². The van der Waals surface area contributed by atoms with Crippen LogP contribution in [0.15, 0.2) is 66.7 Å². The number of hydrogen-bond donors (Lipinski definition) is 1. The van der Waals surface area contributed by atoms with Crippen molar-refractivity contribution in [2.45, 2.75) is 6.92 Å². The molecule has 2 heterocycles. The van der Waals surface area contributed by atoms with Gasteiger partial charge in [-0.3, -0.25) is 4.79 Å². The SMILES string of the molecule is Cc1cccc(NC(=O)c2cc(-c3ccc(Cl)s3)nc3ccccc23)c1. The van der Waals surface area contributed by atoms with Crippen LogP contribution in [0.5, 0.6) is 0 Å². The van der Waals surface area contributed by atoms with Gasteiger partial charge in [0.05, 0.1) is 26.0 Å². The van der Waals surface area contributed by atoms with Crippen LogP contribution < -0.4 is 5.32 Å². The number of fused-ring (bicyclic) bond motifs is 1. The van der Waals surface area contributed by atoms with Crippen LogP contribution in [0, 0.1) is 6.92 Å². The van der Waals surface area contributed by atoms with Gasteiger partial charge < -0.3 is 5.32 Å². The fraction of sp³-hybridized carbons (Fsp3) is 0.0476. The third-order valence-corrected chi connectivity index (χ3v) is 5.32. The first kappa shape index (κ1) is 16.8. The van der Waals surface area contributed by atoms with Crippen molar-refractivity contribution in [2.75, 3.05) is 5.32 Å². The topological polar surface area (TPSA) is 42.0 Å². The molecule has 0 spiro atoms. The van der Waals surface area contributed by atoms with Crippen LogP contribution in [0.1, 0.15) is 15.9 Å². The number of benzene rings is 2. The quantitative estimate of drug-likeness (QED) is 0.462. The average Bonchev–Trinajstić information content (AvgIpc) is 3.07. The first-order chi connectivity index (χ1) is 12.6. The molecule has 0 fully saturated rings. The van der Waals surface area contributed by atoms with E-state index in [9.17, 15) is 4.79 Å². The Bertz CT molecular complexity index is 1120. The molecule has 4 rings (SSSR count). The van der Waals surface area contributed by atoms with E-state index < -0.39 is 0 Å². The highest BCUT2D eigenvalue weighted by Crippen LogP contribution is 2.32. The van der Waals surface area contributed by atoms with Crippen LogP contribution in [0.4, 0.5) is 5.69 Å². The molecule has 0 aliphatic rings. The third-order valence-electron chi connectivity index (χ3n) is 4.06. The van der Waals surface area contributed by atoms with Gasteiger partial charge in [-0.25, -0.2) is 4.98 Å². The van der Waals surface area contributed by atoms with Crippen LogP contribution in [-0.2, 0) is 0 Å². The Balaban J connectivity index is 1.81. The Morgan fingerprint density at radius 2 is 1.88 bits per heavy atom. The molecular weight excluding hydrogens is 364 g/mol. The second-order valence-corrected chi connectivity index (χ2v) is 7.71. The minimum atomic E-state index is -0.155. The van der Waals surface area contributed by atoms with Crippen molar-refractivity contribution in [3.63, 3.8) is 0 Å². The maximum atomic E-state index is 13.0. The van der Waals surface area contributed by atoms with Gasteiger partial charge in [-0.1, -0.05) is 41.9 Å². The number of thiophene rings is 1. The first-order valence-electron chi connectivity index (χ1n) is 8.14. The zero-order chi connectivity index (χ0) is 18.1. The second kappa shape index (κ2) is 6.90. The Morgan fingerprint density at radius 1 is 1.04 bits per heavy atom. The molecule has 0 aliphatic heterocycles. The van der Waals surface area contributed by atoms with Gasteiger partial charge in [0.1, 0.15) is 0 Å². The molecule has 0 saturated heterocycles. The highest BCUT2D eigenvalue weighted by atomic mass is 35.5. The van der Waals surface area contributed by atoms with Crippen LogP contribution in [0.3, 0.4) is 0 Å². The van der Waals surface area contributed by atoms with Crippen molar-refractivity contribution in [1.29, 1.82) is 0 Å². The van der Waals surface area contributed by atoms with E-state index in [0.717, 1.165) is 32.7 Å². The second-order valence-electron chi connectivity index (χ2n) is 6.00. The number of carbonyl (C=O) groups is 1. The number of carbonyl (C=O) groups excluding carboxylic acids is 1. The maximum absolute atomic E-state index is 13.0. The van der Waals surface area contributed by atoms with Crippen molar-refractivity contribution in [2.24, 2.45) is 0 Å². The Hall–Kier alpha value is -2.69. The van der Waals surface area contributed by atoms with E-state index in [-0.39, 0.29) is 5.91 Å². The van der Waals surface area contributed by atoms with Gasteiger partial charge in [-0.2, -0.15) is 0 Å². The van der Waals surface area contributed by atoms with Gasteiger partial charge in [0.25, 0.3) is 5.91 Å². The molecule has 5 heteroatoms. The van der Waals surface area contributed by atoms with E-state index >= 15 is 0 Å². The lowest BCUT2D eigenvalue weighted by molar-refractivity contribution is 0.102. The molecule has 128 valence electrons. The minimum absolute atomic E-state index is 0.155. The Kier molecular flexibility index (Phi) is 4.45. The molecule has 1 amide bonds. The minimum Gasteiger partial charge on any atom is -0.322 e. The molecule has 3 nitrogen and oxygen atoms in total. The number of aromatic nitrogens is 1. The summed E-state index contributed by atoms with van der Waals surface area (Å²) in [5.74, 6) is -0.155. The van der Waals surface area contributed by atoms with Crippen LogP contribution in [0.2, 0.25) is 4.34 Å². The molecule has 0 aliphatic carbocycles. The number of nitrogens with zero attached hydrogens (tertiary/aromatic N) is 1. The molecule has 0 bridgehead atoms. The molecule has 26 heavy (non-hydrogen) atoms. The normalized spacial score (nSPS) is 10.8. The molecule has 0 radical (unpaired) electrons. The predicted octanol–water partition coefficient (Wildman–Crippen LogP) is 6.18. The van der Waals surface area contributed by atoms with Crippen molar-refractivity contribution >= 4 is 45.4 Å². The largest absolute Gasteiger partial charge is 0.322 e. The van der Waals surface area contributed by atoms with Crippen molar-refractivity contribution in [3.05, 3.63) is 82.2 Å². The summed E-state index contributed by atoms with van der Waals surface area (Å²) in [6.07, 6.45) is 0. The summed E-state index contributed by atoms with van der Waals surface area (Å²) < 4.78 is 0.695. The maximum Gasteiger partial charge on any atom is 0.256 e. The summed E-state index contributed by atoms with van der Waals surface area (Å²) in [6.45, 7) is 2.00. The molecule has 2 aromatic heterocycles. The van der Waals surface area contributed by atoms with E-state index in [4.69, 9.17) is 16.6 Å². The third kappa shape index (κ3) is 3.34. The number of hydrogen-bond acceptors (Lipinski definition) is 3. The number of anilines is 1. The summed E-state index contributed by atoms with van der Waals surface area (Å²) in [5, 5.41) is 3.81. The van der Waals surface area contributed by atoms with Crippen LogP contribution in [-0.4, -0.2) is 10.9 Å². The fourth-order valence-electron chi connectivity index (χ4n) is 2.86. The van der Waals surface area contributed by atoms with Crippen LogP contribution >= 0.6 is 22.9 Å².